The van der Waals surface area contributed by atoms with Crippen LogP contribution in [0.25, 0.3) is 0 Å². The van der Waals surface area contributed by atoms with Crippen molar-refractivity contribution < 1.29 is 0 Å². The summed E-state index contributed by atoms with van der Waals surface area (Å²) < 4.78 is 1.09. The molecule has 1 atom stereocenters. The van der Waals surface area contributed by atoms with E-state index in [-0.39, 0.29) is 6.04 Å². The molecule has 0 aliphatic heterocycles. The Morgan fingerprint density at radius 1 is 1.19 bits per heavy atom. The Labute approximate surface area is 104 Å². The minimum Gasteiger partial charge on any atom is -0.324 e. The number of aromatic nitrogens is 1. The van der Waals surface area contributed by atoms with Gasteiger partial charge < -0.3 is 5.73 Å². The molecule has 3 heteroatoms. The summed E-state index contributed by atoms with van der Waals surface area (Å²) in [4.78, 5) is 4.07. The average Bonchev–Trinajstić information content (AvgIpc) is 2.33. The maximum Gasteiger partial charge on any atom is 0.0351 e. The number of benzene rings is 1. The molecule has 82 valence electrons. The van der Waals surface area contributed by atoms with Gasteiger partial charge >= 0.3 is 0 Å². The summed E-state index contributed by atoms with van der Waals surface area (Å²) in [6.45, 7) is 0. The lowest BCUT2D eigenvalue weighted by Crippen LogP contribution is -2.13. The summed E-state index contributed by atoms with van der Waals surface area (Å²) >= 11 is 3.42. The van der Waals surface area contributed by atoms with Crippen LogP contribution in [0, 0.1) is 0 Å². The highest BCUT2D eigenvalue weighted by molar-refractivity contribution is 9.10. The van der Waals surface area contributed by atoms with Crippen LogP contribution >= 0.6 is 15.9 Å². The standard InChI is InChI=1S/C13H13BrN2/c14-12-5-3-10(4-6-12)8-13(15)11-2-1-7-16-9-11/h1-7,9,13H,8,15H2. The van der Waals surface area contributed by atoms with Crippen molar-refractivity contribution >= 4 is 15.9 Å². The van der Waals surface area contributed by atoms with Crippen LogP contribution in [-0.2, 0) is 6.42 Å². The van der Waals surface area contributed by atoms with Crippen LogP contribution in [0.3, 0.4) is 0 Å². The SMILES string of the molecule is NC(Cc1ccc(Br)cc1)c1cccnc1. The van der Waals surface area contributed by atoms with Gasteiger partial charge in [-0.2, -0.15) is 0 Å². The molecule has 1 heterocycles. The van der Waals surface area contributed by atoms with Crippen molar-refractivity contribution in [2.24, 2.45) is 5.73 Å². The molecule has 0 amide bonds. The van der Waals surface area contributed by atoms with Gasteiger partial charge in [-0.3, -0.25) is 4.98 Å². The molecule has 2 N–H and O–H groups in total. The third kappa shape index (κ3) is 2.90. The van der Waals surface area contributed by atoms with E-state index < -0.39 is 0 Å². The van der Waals surface area contributed by atoms with Crippen LogP contribution in [-0.4, -0.2) is 4.98 Å². The molecule has 16 heavy (non-hydrogen) atoms. The highest BCUT2D eigenvalue weighted by Crippen LogP contribution is 2.17. The number of nitrogens with zero attached hydrogens (tertiary/aromatic N) is 1. The fourth-order valence-corrected chi connectivity index (χ4v) is 1.85. The number of halogens is 1. The van der Waals surface area contributed by atoms with Gasteiger partial charge in [0.25, 0.3) is 0 Å². The van der Waals surface area contributed by atoms with E-state index >= 15 is 0 Å². The molecule has 0 radical (unpaired) electrons. The average molecular weight is 277 g/mol. The van der Waals surface area contributed by atoms with Gasteiger partial charge in [-0.05, 0) is 35.7 Å². The van der Waals surface area contributed by atoms with Gasteiger partial charge in [0, 0.05) is 22.9 Å². The fourth-order valence-electron chi connectivity index (χ4n) is 1.59. The third-order valence-corrected chi connectivity index (χ3v) is 3.01. The van der Waals surface area contributed by atoms with Gasteiger partial charge in [0.1, 0.15) is 0 Å². The predicted molar refractivity (Wildman–Crippen MR) is 69.0 cm³/mol. The molecule has 0 saturated heterocycles. The largest absolute Gasteiger partial charge is 0.324 e. The number of pyridine rings is 1. The second kappa shape index (κ2) is 5.23. The van der Waals surface area contributed by atoms with Crippen molar-refractivity contribution in [2.75, 3.05) is 0 Å². The van der Waals surface area contributed by atoms with Crippen molar-refractivity contribution in [1.82, 2.24) is 4.98 Å². The first-order valence-electron chi connectivity index (χ1n) is 5.15. The minimum atomic E-state index is 0.00914. The molecule has 0 saturated carbocycles. The molecule has 1 aromatic heterocycles. The Balaban J connectivity index is 2.08. The van der Waals surface area contributed by atoms with Gasteiger partial charge in [-0.25, -0.2) is 0 Å². The zero-order valence-corrected chi connectivity index (χ0v) is 10.4. The molecule has 0 aliphatic carbocycles. The van der Waals surface area contributed by atoms with E-state index in [2.05, 4.69) is 33.0 Å². The Kier molecular flexibility index (Phi) is 3.70. The van der Waals surface area contributed by atoms with Crippen molar-refractivity contribution in [2.45, 2.75) is 12.5 Å². The van der Waals surface area contributed by atoms with E-state index in [1.165, 1.54) is 5.56 Å². The smallest absolute Gasteiger partial charge is 0.0351 e. The molecular weight excluding hydrogens is 264 g/mol. The number of rotatable bonds is 3. The summed E-state index contributed by atoms with van der Waals surface area (Å²) in [6.07, 6.45) is 4.42. The minimum absolute atomic E-state index is 0.00914. The number of hydrogen-bond donors (Lipinski definition) is 1. The highest BCUT2D eigenvalue weighted by atomic mass is 79.9. The molecule has 1 unspecified atom stereocenters. The molecule has 2 rings (SSSR count). The van der Waals surface area contributed by atoms with E-state index in [4.69, 9.17) is 5.73 Å². The first kappa shape index (κ1) is 11.3. The summed E-state index contributed by atoms with van der Waals surface area (Å²) in [5.41, 5.74) is 8.42. The fraction of sp³-hybridized carbons (Fsp3) is 0.154. The predicted octanol–water partition coefficient (Wildman–Crippen LogP) is 3.09. The van der Waals surface area contributed by atoms with Crippen LogP contribution in [0.4, 0.5) is 0 Å². The lowest BCUT2D eigenvalue weighted by molar-refractivity contribution is 0.718. The second-order valence-electron chi connectivity index (χ2n) is 3.72. The van der Waals surface area contributed by atoms with Crippen molar-refractivity contribution in [1.29, 1.82) is 0 Å². The van der Waals surface area contributed by atoms with E-state index in [1.807, 2.05) is 30.5 Å². The van der Waals surface area contributed by atoms with Crippen molar-refractivity contribution in [3.05, 3.63) is 64.4 Å². The highest BCUT2D eigenvalue weighted by Gasteiger charge is 2.06. The Hall–Kier alpha value is -1.19. The Bertz CT molecular complexity index is 439. The summed E-state index contributed by atoms with van der Waals surface area (Å²) in [7, 11) is 0. The molecule has 0 bridgehead atoms. The lowest BCUT2D eigenvalue weighted by atomic mass is 10.0. The van der Waals surface area contributed by atoms with Crippen LogP contribution in [0.5, 0.6) is 0 Å². The number of nitrogens with two attached hydrogens (primary N) is 1. The first-order chi connectivity index (χ1) is 7.75. The lowest BCUT2D eigenvalue weighted by Gasteiger charge is -2.11. The van der Waals surface area contributed by atoms with Crippen LogP contribution in [0.2, 0.25) is 0 Å². The zero-order valence-electron chi connectivity index (χ0n) is 8.81. The topological polar surface area (TPSA) is 38.9 Å². The molecule has 0 fully saturated rings. The van der Waals surface area contributed by atoms with Gasteiger partial charge in [-0.1, -0.05) is 34.1 Å². The third-order valence-electron chi connectivity index (χ3n) is 2.48. The molecule has 2 nitrogen and oxygen atoms in total. The van der Waals surface area contributed by atoms with Crippen LogP contribution in [0.1, 0.15) is 17.2 Å². The maximum absolute atomic E-state index is 6.11. The van der Waals surface area contributed by atoms with E-state index in [9.17, 15) is 0 Å². The van der Waals surface area contributed by atoms with Crippen LogP contribution < -0.4 is 5.73 Å². The molecule has 0 spiro atoms. The monoisotopic (exact) mass is 276 g/mol. The Morgan fingerprint density at radius 3 is 2.56 bits per heavy atom. The quantitative estimate of drug-likeness (QED) is 0.936. The maximum atomic E-state index is 6.11. The van der Waals surface area contributed by atoms with Gasteiger partial charge in [0.2, 0.25) is 0 Å². The molecule has 1 aromatic carbocycles. The van der Waals surface area contributed by atoms with E-state index in [0.29, 0.717) is 0 Å². The second-order valence-corrected chi connectivity index (χ2v) is 4.64. The number of hydrogen-bond acceptors (Lipinski definition) is 2. The van der Waals surface area contributed by atoms with E-state index in [0.717, 1.165) is 16.5 Å². The van der Waals surface area contributed by atoms with Gasteiger partial charge in [0.15, 0.2) is 0 Å². The first-order valence-corrected chi connectivity index (χ1v) is 5.95. The summed E-state index contributed by atoms with van der Waals surface area (Å²) in [5, 5.41) is 0. The summed E-state index contributed by atoms with van der Waals surface area (Å²) in [5.74, 6) is 0. The van der Waals surface area contributed by atoms with Crippen LogP contribution in [0.15, 0.2) is 53.3 Å². The molecule has 2 aromatic rings. The van der Waals surface area contributed by atoms with E-state index in [1.54, 1.807) is 6.20 Å². The van der Waals surface area contributed by atoms with Crippen molar-refractivity contribution in [3.63, 3.8) is 0 Å². The van der Waals surface area contributed by atoms with Gasteiger partial charge in [0.05, 0.1) is 0 Å². The summed E-state index contributed by atoms with van der Waals surface area (Å²) in [6, 6.07) is 12.2. The Morgan fingerprint density at radius 2 is 1.94 bits per heavy atom. The zero-order chi connectivity index (χ0) is 11.4. The molecule has 0 aliphatic rings. The molecular formula is C13H13BrN2. The van der Waals surface area contributed by atoms with Crippen molar-refractivity contribution in [3.8, 4) is 0 Å². The normalized spacial score (nSPS) is 12.4. The van der Waals surface area contributed by atoms with Gasteiger partial charge in [-0.15, -0.1) is 0 Å².